The first-order valence-corrected chi connectivity index (χ1v) is 16.2. The summed E-state index contributed by atoms with van der Waals surface area (Å²) < 4.78 is 11.9. The van der Waals surface area contributed by atoms with Gasteiger partial charge in [-0.25, -0.2) is 4.79 Å². The normalized spacial score (nSPS) is 21.6. The number of carbonyl (C=O) groups excluding carboxylic acids is 2. The molecule has 3 atom stereocenters. The van der Waals surface area contributed by atoms with E-state index in [1.165, 1.54) is 23.3 Å². The van der Waals surface area contributed by atoms with Crippen LogP contribution in [-0.2, 0) is 19.1 Å². The summed E-state index contributed by atoms with van der Waals surface area (Å²) in [6.07, 6.45) is 1.16. The predicted octanol–water partition coefficient (Wildman–Crippen LogP) is 7.22. The zero-order valence-corrected chi connectivity index (χ0v) is 27.7. The number of aliphatic imine (C=N–C) groups is 1. The largest absolute Gasteiger partial charge is 0.462 e. The molecule has 0 N–H and O–H groups in total. The van der Waals surface area contributed by atoms with Crippen LogP contribution in [0, 0.1) is 16.0 Å². The number of nitro groups is 1. The van der Waals surface area contributed by atoms with Gasteiger partial charge in [0.15, 0.2) is 0 Å². The van der Waals surface area contributed by atoms with Crippen LogP contribution in [0.5, 0.6) is 0 Å². The molecule has 9 nitrogen and oxygen atoms in total. The smallest absolute Gasteiger partial charge is 0.337 e. The van der Waals surface area contributed by atoms with Crippen molar-refractivity contribution in [2.75, 3.05) is 19.6 Å². The first kappa shape index (κ1) is 33.7. The topological polar surface area (TPSA) is 111 Å². The molecule has 0 aliphatic carbocycles. The number of non-ortho nitro benzene ring substituents is 1. The molecule has 2 heterocycles. The van der Waals surface area contributed by atoms with E-state index in [1.54, 1.807) is 39.8 Å². The van der Waals surface area contributed by atoms with E-state index in [-0.39, 0.29) is 17.2 Å². The van der Waals surface area contributed by atoms with Gasteiger partial charge in [-0.2, -0.15) is 0 Å². The third-order valence-corrected chi connectivity index (χ3v) is 9.09. The van der Waals surface area contributed by atoms with Crippen molar-refractivity contribution in [3.8, 4) is 0 Å². The van der Waals surface area contributed by atoms with E-state index in [1.807, 2.05) is 19.1 Å². The Morgan fingerprint density at radius 1 is 1.00 bits per heavy atom. The number of allylic oxidation sites excluding steroid dienone is 1. The number of nitrogens with zero attached hydrogens (tertiary/aromatic N) is 3. The second-order valence-electron chi connectivity index (χ2n) is 13.1. The van der Waals surface area contributed by atoms with E-state index in [0.29, 0.717) is 29.9 Å². The lowest BCUT2D eigenvalue weighted by molar-refractivity contribution is -0.384. The number of benzene rings is 3. The van der Waals surface area contributed by atoms with Crippen molar-refractivity contribution >= 4 is 23.3 Å². The monoisotopic (exact) mass is 637 g/mol. The Bertz CT molecular complexity index is 1630. The fraction of sp³-hybridized carbons (Fsp3) is 0.395. The Balaban J connectivity index is 1.37. The van der Waals surface area contributed by atoms with Gasteiger partial charge < -0.3 is 9.47 Å². The number of hydrogen-bond donors (Lipinski definition) is 0. The SMILES string of the molecule is CC1=NC(C)=C(C(=O)OC2(C)CCN(CCC(c3ccccc3)c3ccccc3)C2)C(c2cccc([N+](=O)[O-])c2)C1C(=O)OC(C)C. The van der Waals surface area contributed by atoms with Crippen molar-refractivity contribution in [1.29, 1.82) is 0 Å². The summed E-state index contributed by atoms with van der Waals surface area (Å²) in [6, 6.07) is 27.1. The average Bonchev–Trinajstić information content (AvgIpc) is 3.41. The lowest BCUT2D eigenvalue weighted by Crippen LogP contribution is -2.40. The molecule has 0 amide bonds. The Labute approximate surface area is 276 Å². The number of carbonyl (C=O) groups is 2. The Morgan fingerprint density at radius 2 is 1.64 bits per heavy atom. The summed E-state index contributed by atoms with van der Waals surface area (Å²) in [6.45, 7) is 11.0. The Kier molecular flexibility index (Phi) is 10.3. The minimum absolute atomic E-state index is 0.133. The zero-order chi connectivity index (χ0) is 33.7. The van der Waals surface area contributed by atoms with Crippen molar-refractivity contribution in [3.63, 3.8) is 0 Å². The summed E-state index contributed by atoms with van der Waals surface area (Å²) in [5, 5.41) is 11.7. The maximum absolute atomic E-state index is 14.2. The summed E-state index contributed by atoms with van der Waals surface area (Å²) >= 11 is 0. The zero-order valence-electron chi connectivity index (χ0n) is 27.7. The molecule has 1 saturated heterocycles. The summed E-state index contributed by atoms with van der Waals surface area (Å²) in [4.78, 5) is 45.7. The van der Waals surface area contributed by atoms with Crippen LogP contribution in [-0.4, -0.2) is 58.8 Å². The third-order valence-electron chi connectivity index (χ3n) is 9.09. The number of hydrogen-bond acceptors (Lipinski definition) is 8. The standard InChI is InChI=1S/C38H43N3O6/c1-25(2)46-36(42)33-26(3)39-27(4)34(35(33)30-17-12-18-31(23-30)41(44)45)37(43)47-38(5)20-22-40(24-38)21-19-32(28-13-8-6-9-14-28)29-15-10-7-11-16-29/h6-18,23,25,32-33,35H,19-22,24H2,1-5H3. The number of rotatable bonds is 11. The Hall–Kier alpha value is -4.63. The van der Waals surface area contributed by atoms with Gasteiger partial charge in [0, 0.05) is 54.9 Å². The molecule has 3 aromatic rings. The van der Waals surface area contributed by atoms with Crippen LogP contribution in [0.4, 0.5) is 5.69 Å². The average molecular weight is 638 g/mol. The molecule has 3 aromatic carbocycles. The minimum atomic E-state index is -0.938. The number of likely N-dealkylation sites (tertiary alicyclic amines) is 1. The number of esters is 2. The van der Waals surface area contributed by atoms with Gasteiger partial charge >= 0.3 is 11.9 Å². The van der Waals surface area contributed by atoms with Crippen LogP contribution in [0.3, 0.4) is 0 Å². The third kappa shape index (κ3) is 7.85. The van der Waals surface area contributed by atoms with Gasteiger partial charge in [0.2, 0.25) is 0 Å². The van der Waals surface area contributed by atoms with Crippen molar-refractivity contribution in [1.82, 2.24) is 4.90 Å². The minimum Gasteiger partial charge on any atom is -0.462 e. The number of ether oxygens (including phenoxy) is 2. The van der Waals surface area contributed by atoms with Gasteiger partial charge in [-0.15, -0.1) is 0 Å². The summed E-state index contributed by atoms with van der Waals surface area (Å²) in [5.41, 5.74) is 3.20. The van der Waals surface area contributed by atoms with Crippen molar-refractivity contribution in [3.05, 3.63) is 123 Å². The molecule has 1 fully saturated rings. The molecular formula is C38H43N3O6. The van der Waals surface area contributed by atoms with Crippen LogP contribution >= 0.6 is 0 Å². The van der Waals surface area contributed by atoms with E-state index in [9.17, 15) is 19.7 Å². The molecule has 9 heteroatoms. The molecule has 47 heavy (non-hydrogen) atoms. The maximum Gasteiger partial charge on any atom is 0.337 e. The van der Waals surface area contributed by atoms with Gasteiger partial charge in [-0.05, 0) is 64.3 Å². The fourth-order valence-electron chi connectivity index (χ4n) is 6.89. The van der Waals surface area contributed by atoms with Gasteiger partial charge in [0.25, 0.3) is 5.69 Å². The van der Waals surface area contributed by atoms with E-state index < -0.39 is 40.4 Å². The Morgan fingerprint density at radius 3 is 2.23 bits per heavy atom. The molecule has 0 saturated carbocycles. The highest BCUT2D eigenvalue weighted by Gasteiger charge is 2.45. The molecule has 2 aliphatic heterocycles. The van der Waals surface area contributed by atoms with Crippen LogP contribution in [0.2, 0.25) is 0 Å². The van der Waals surface area contributed by atoms with Crippen molar-refractivity contribution in [2.45, 2.75) is 71.0 Å². The second-order valence-corrected chi connectivity index (χ2v) is 13.1. The molecule has 0 spiro atoms. The van der Waals surface area contributed by atoms with E-state index in [0.717, 1.165) is 19.5 Å². The molecular weight excluding hydrogens is 594 g/mol. The first-order chi connectivity index (χ1) is 22.5. The summed E-state index contributed by atoms with van der Waals surface area (Å²) in [7, 11) is 0. The lowest BCUT2D eigenvalue weighted by atomic mass is 9.75. The van der Waals surface area contributed by atoms with E-state index in [2.05, 4.69) is 58.4 Å². The highest BCUT2D eigenvalue weighted by atomic mass is 16.6. The van der Waals surface area contributed by atoms with Crippen molar-refractivity contribution in [2.24, 2.45) is 10.9 Å². The van der Waals surface area contributed by atoms with Crippen LogP contribution in [0.1, 0.15) is 76.0 Å². The molecule has 0 radical (unpaired) electrons. The lowest BCUT2D eigenvalue weighted by Gasteiger charge is -2.34. The van der Waals surface area contributed by atoms with Crippen molar-refractivity contribution < 1.29 is 24.0 Å². The van der Waals surface area contributed by atoms with Crippen LogP contribution < -0.4 is 0 Å². The first-order valence-electron chi connectivity index (χ1n) is 16.2. The van der Waals surface area contributed by atoms with Crippen LogP contribution in [0.25, 0.3) is 0 Å². The maximum atomic E-state index is 14.2. The molecule has 5 rings (SSSR count). The van der Waals surface area contributed by atoms with Gasteiger partial charge in [-0.1, -0.05) is 72.8 Å². The quantitative estimate of drug-likeness (QED) is 0.124. The van der Waals surface area contributed by atoms with Crippen LogP contribution in [0.15, 0.2) is 101 Å². The number of nitro benzene ring substituents is 1. The fourth-order valence-corrected chi connectivity index (χ4v) is 6.89. The highest BCUT2D eigenvalue weighted by molar-refractivity contribution is 6.07. The second kappa shape index (κ2) is 14.4. The van der Waals surface area contributed by atoms with E-state index >= 15 is 0 Å². The van der Waals surface area contributed by atoms with E-state index in [4.69, 9.17) is 9.47 Å². The molecule has 0 aromatic heterocycles. The molecule has 246 valence electrons. The van der Waals surface area contributed by atoms with Gasteiger partial charge in [-0.3, -0.25) is 24.8 Å². The predicted molar refractivity (Wildman–Crippen MR) is 181 cm³/mol. The summed E-state index contributed by atoms with van der Waals surface area (Å²) in [5.74, 6) is -2.68. The van der Waals surface area contributed by atoms with Gasteiger partial charge in [0.1, 0.15) is 11.5 Å². The molecule has 2 aliphatic rings. The molecule has 3 unspecified atom stereocenters. The molecule has 0 bridgehead atoms. The highest BCUT2D eigenvalue weighted by Crippen LogP contribution is 2.42. The van der Waals surface area contributed by atoms with Gasteiger partial charge in [0.05, 0.1) is 16.6 Å².